The molecule has 2 aromatic heterocycles. The number of aromatic nitrogens is 3. The molecule has 3 aromatic rings. The first-order valence-corrected chi connectivity index (χ1v) is 10.2. The third-order valence-electron chi connectivity index (χ3n) is 4.99. The number of carbonyl (C=O) groups is 1. The third-order valence-corrected chi connectivity index (χ3v) is 6.04. The maximum atomic E-state index is 12.9. The van der Waals surface area contributed by atoms with E-state index in [1.54, 1.807) is 0 Å². The number of thioether (sulfide) groups is 1. The van der Waals surface area contributed by atoms with E-state index >= 15 is 0 Å². The molecule has 1 fully saturated rings. The molecule has 27 heavy (non-hydrogen) atoms. The summed E-state index contributed by atoms with van der Waals surface area (Å²) in [6.45, 7) is 6.59. The normalized spacial score (nSPS) is 16.6. The highest BCUT2D eigenvalue weighted by molar-refractivity contribution is 8.00. The Balaban J connectivity index is 1.32. The van der Waals surface area contributed by atoms with Gasteiger partial charge in [-0.3, -0.25) is 9.20 Å². The zero-order valence-electron chi connectivity index (χ0n) is 15.4. The molecule has 1 aliphatic rings. The van der Waals surface area contributed by atoms with Gasteiger partial charge in [-0.15, -0.1) is 10.2 Å². The summed E-state index contributed by atoms with van der Waals surface area (Å²) in [6.07, 6.45) is 1.93. The number of quaternary nitrogens is 1. The fraction of sp³-hybridized carbons (Fsp3) is 0.350. The number of piperazine rings is 1. The first-order chi connectivity index (χ1) is 13.2. The van der Waals surface area contributed by atoms with E-state index in [-0.39, 0.29) is 11.2 Å². The van der Waals surface area contributed by atoms with Crippen molar-refractivity contribution in [3.8, 4) is 0 Å². The highest BCUT2D eigenvalue weighted by atomic mass is 32.2. The monoisotopic (exact) mass is 382 g/mol. The van der Waals surface area contributed by atoms with Gasteiger partial charge < -0.3 is 9.80 Å². The lowest BCUT2D eigenvalue weighted by molar-refractivity contribution is -0.917. The van der Waals surface area contributed by atoms with Gasteiger partial charge in [-0.25, -0.2) is 0 Å². The van der Waals surface area contributed by atoms with Crippen LogP contribution in [-0.4, -0.2) is 56.8 Å². The number of carbonyl (C=O) groups excluding carboxylic acids is 1. The smallest absolute Gasteiger partial charge is 0.236 e. The molecule has 1 aliphatic heterocycles. The van der Waals surface area contributed by atoms with Gasteiger partial charge in [0.2, 0.25) is 5.91 Å². The largest absolute Gasteiger partial charge is 0.330 e. The zero-order chi connectivity index (χ0) is 18.6. The number of benzene rings is 1. The van der Waals surface area contributed by atoms with Crippen molar-refractivity contribution >= 4 is 23.3 Å². The SMILES string of the molecule is C[C@@H](Sc1nnc2ccccn12)C(=O)N1CC[NH+](Cc2ccccc2)CC1. The van der Waals surface area contributed by atoms with Crippen molar-refractivity contribution in [3.63, 3.8) is 0 Å². The second-order valence-corrected chi connectivity index (χ2v) is 8.22. The minimum absolute atomic E-state index is 0.173. The topological polar surface area (TPSA) is 54.9 Å². The van der Waals surface area contributed by atoms with Crippen molar-refractivity contribution in [1.82, 2.24) is 19.5 Å². The van der Waals surface area contributed by atoms with Crippen molar-refractivity contribution in [2.24, 2.45) is 0 Å². The van der Waals surface area contributed by atoms with Gasteiger partial charge in [0, 0.05) is 11.8 Å². The lowest BCUT2D eigenvalue weighted by Crippen LogP contribution is -3.13. The van der Waals surface area contributed by atoms with Gasteiger partial charge in [0.15, 0.2) is 10.8 Å². The second kappa shape index (κ2) is 8.10. The summed E-state index contributed by atoms with van der Waals surface area (Å²) >= 11 is 1.48. The molecule has 0 spiro atoms. The van der Waals surface area contributed by atoms with Crippen molar-refractivity contribution in [2.45, 2.75) is 23.9 Å². The summed E-state index contributed by atoms with van der Waals surface area (Å²) in [4.78, 5) is 16.4. The first-order valence-electron chi connectivity index (χ1n) is 9.33. The molecule has 0 radical (unpaired) electrons. The molecule has 0 unspecified atom stereocenters. The Morgan fingerprint density at radius 2 is 1.85 bits per heavy atom. The van der Waals surface area contributed by atoms with Gasteiger partial charge in [-0.2, -0.15) is 0 Å². The molecule has 3 heterocycles. The number of hydrogen-bond acceptors (Lipinski definition) is 4. The fourth-order valence-corrected chi connectivity index (χ4v) is 4.39. The van der Waals surface area contributed by atoms with E-state index in [4.69, 9.17) is 0 Å². The van der Waals surface area contributed by atoms with E-state index < -0.39 is 0 Å². The van der Waals surface area contributed by atoms with E-state index in [1.165, 1.54) is 22.2 Å². The van der Waals surface area contributed by atoms with Crippen molar-refractivity contribution in [1.29, 1.82) is 0 Å². The van der Waals surface area contributed by atoms with Crippen molar-refractivity contribution < 1.29 is 9.69 Å². The number of fused-ring (bicyclic) bond motifs is 1. The van der Waals surface area contributed by atoms with E-state index in [2.05, 4.69) is 34.5 Å². The summed E-state index contributed by atoms with van der Waals surface area (Å²) in [5, 5.41) is 8.97. The number of rotatable bonds is 5. The quantitative estimate of drug-likeness (QED) is 0.673. The number of hydrogen-bond donors (Lipinski definition) is 1. The Hall–Kier alpha value is -2.38. The van der Waals surface area contributed by atoms with Crippen LogP contribution in [0.25, 0.3) is 5.65 Å². The maximum absolute atomic E-state index is 12.9. The molecule has 1 N–H and O–H groups in total. The van der Waals surface area contributed by atoms with Crippen LogP contribution in [0.5, 0.6) is 0 Å². The molecule has 140 valence electrons. The average Bonchev–Trinajstić information content (AvgIpc) is 3.12. The van der Waals surface area contributed by atoms with Crippen LogP contribution in [0.15, 0.2) is 59.9 Å². The average molecular weight is 383 g/mol. The maximum Gasteiger partial charge on any atom is 0.236 e. The molecular formula is C20H24N5OS+. The lowest BCUT2D eigenvalue weighted by atomic mass is 10.2. The van der Waals surface area contributed by atoms with E-state index in [0.717, 1.165) is 43.5 Å². The lowest BCUT2D eigenvalue weighted by Gasteiger charge is -2.33. The molecule has 1 aromatic carbocycles. The minimum Gasteiger partial charge on any atom is -0.330 e. The Morgan fingerprint density at radius 3 is 2.63 bits per heavy atom. The number of nitrogens with zero attached hydrogens (tertiary/aromatic N) is 4. The first kappa shape index (κ1) is 18.0. The summed E-state index contributed by atoms with van der Waals surface area (Å²) in [5.74, 6) is 0.187. The van der Waals surface area contributed by atoms with Gasteiger partial charge in [0.05, 0.1) is 31.4 Å². The van der Waals surface area contributed by atoms with E-state index in [9.17, 15) is 4.79 Å². The Bertz CT molecular complexity index is 905. The van der Waals surface area contributed by atoms with Crippen LogP contribution >= 0.6 is 11.8 Å². The van der Waals surface area contributed by atoms with Crippen LogP contribution in [0.2, 0.25) is 0 Å². The minimum atomic E-state index is -0.173. The molecular weight excluding hydrogens is 358 g/mol. The highest BCUT2D eigenvalue weighted by Gasteiger charge is 2.28. The van der Waals surface area contributed by atoms with Crippen LogP contribution < -0.4 is 4.90 Å². The van der Waals surface area contributed by atoms with E-state index in [0.29, 0.717) is 0 Å². The van der Waals surface area contributed by atoms with E-state index in [1.807, 2.05) is 46.7 Å². The molecule has 0 aliphatic carbocycles. The molecule has 0 saturated carbocycles. The molecule has 7 heteroatoms. The Kier molecular flexibility index (Phi) is 5.40. The number of nitrogens with one attached hydrogen (secondary N) is 1. The van der Waals surface area contributed by atoms with Crippen molar-refractivity contribution in [2.75, 3.05) is 26.2 Å². The van der Waals surface area contributed by atoms with Gasteiger partial charge in [-0.1, -0.05) is 48.2 Å². The molecule has 6 nitrogen and oxygen atoms in total. The summed E-state index contributed by atoms with van der Waals surface area (Å²) in [5.41, 5.74) is 2.16. The van der Waals surface area contributed by atoms with Gasteiger partial charge in [-0.05, 0) is 19.1 Å². The molecule has 4 rings (SSSR count). The molecule has 1 atom stereocenters. The van der Waals surface area contributed by atoms with Crippen LogP contribution in [0.3, 0.4) is 0 Å². The molecule has 0 bridgehead atoms. The Morgan fingerprint density at radius 1 is 1.11 bits per heavy atom. The van der Waals surface area contributed by atoms with Gasteiger partial charge in [0.25, 0.3) is 0 Å². The standard InChI is InChI=1S/C20H23N5OS/c1-16(27-20-22-21-18-9-5-6-10-25(18)20)19(26)24-13-11-23(12-14-24)15-17-7-3-2-4-8-17/h2-10,16H,11-15H2,1H3/p+1/t16-/m1/s1. The third kappa shape index (κ3) is 4.14. The highest BCUT2D eigenvalue weighted by Crippen LogP contribution is 2.23. The second-order valence-electron chi connectivity index (χ2n) is 6.91. The van der Waals surface area contributed by atoms with Gasteiger partial charge >= 0.3 is 0 Å². The summed E-state index contributed by atoms with van der Waals surface area (Å²) in [7, 11) is 0. The Labute approximate surface area is 163 Å². The number of amides is 1. The predicted molar refractivity (Wildman–Crippen MR) is 106 cm³/mol. The predicted octanol–water partition coefficient (Wildman–Crippen LogP) is 1.14. The van der Waals surface area contributed by atoms with Crippen LogP contribution in [-0.2, 0) is 11.3 Å². The summed E-state index contributed by atoms with van der Waals surface area (Å²) < 4.78 is 1.93. The van der Waals surface area contributed by atoms with Crippen LogP contribution in [0.4, 0.5) is 0 Å². The van der Waals surface area contributed by atoms with Crippen LogP contribution in [0, 0.1) is 0 Å². The molecule has 1 amide bonds. The number of pyridine rings is 1. The molecule has 1 saturated heterocycles. The van der Waals surface area contributed by atoms with Gasteiger partial charge in [0.1, 0.15) is 6.54 Å². The van der Waals surface area contributed by atoms with Crippen LogP contribution in [0.1, 0.15) is 12.5 Å². The summed E-state index contributed by atoms with van der Waals surface area (Å²) in [6, 6.07) is 16.4. The zero-order valence-corrected chi connectivity index (χ0v) is 16.2. The van der Waals surface area contributed by atoms with Crippen molar-refractivity contribution in [3.05, 3.63) is 60.3 Å². The fourth-order valence-electron chi connectivity index (χ4n) is 3.47.